The van der Waals surface area contributed by atoms with Crippen LogP contribution < -0.4 is 15.4 Å². The minimum atomic E-state index is -3.58. The van der Waals surface area contributed by atoms with E-state index in [1.165, 1.54) is 12.1 Å². The fourth-order valence-electron chi connectivity index (χ4n) is 3.51. The van der Waals surface area contributed by atoms with Crippen molar-refractivity contribution in [1.82, 2.24) is 20.3 Å². The molecule has 1 aromatic rings. The SMILES string of the molecule is CC(NC(=O)C1CCC(CNS(=O)(=O)c2ccc(Cl)cc2)CC1)C(=O)NCCN(C)C. The minimum Gasteiger partial charge on any atom is -0.353 e. The molecular formula is C21H33ClN4O4S. The number of benzene rings is 1. The predicted molar refractivity (Wildman–Crippen MR) is 121 cm³/mol. The summed E-state index contributed by atoms with van der Waals surface area (Å²) in [6.07, 6.45) is 2.86. The Morgan fingerprint density at radius 1 is 1.13 bits per heavy atom. The van der Waals surface area contributed by atoms with E-state index in [1.54, 1.807) is 19.1 Å². The Hall–Kier alpha value is -1.68. The Balaban J connectivity index is 1.73. The van der Waals surface area contributed by atoms with Gasteiger partial charge in [0.25, 0.3) is 0 Å². The van der Waals surface area contributed by atoms with Crippen LogP contribution in [0.5, 0.6) is 0 Å². The average Bonchev–Trinajstić information content (AvgIpc) is 2.72. The fourth-order valence-corrected chi connectivity index (χ4v) is 4.75. The number of nitrogens with zero attached hydrogens (tertiary/aromatic N) is 1. The van der Waals surface area contributed by atoms with Gasteiger partial charge in [0.05, 0.1) is 4.90 Å². The lowest BCUT2D eigenvalue weighted by Crippen LogP contribution is -2.48. The second kappa shape index (κ2) is 11.8. The zero-order valence-electron chi connectivity index (χ0n) is 18.4. The molecule has 0 aromatic heterocycles. The third kappa shape index (κ3) is 8.40. The standard InChI is InChI=1S/C21H33ClN4O4S/c1-15(20(27)23-12-13-26(2)3)25-21(28)17-6-4-16(5-7-17)14-24-31(29,30)19-10-8-18(22)9-11-19/h8-11,15-17,24H,4-7,12-14H2,1-3H3,(H,23,27)(H,25,28). The van der Waals surface area contributed by atoms with E-state index in [9.17, 15) is 18.0 Å². The monoisotopic (exact) mass is 472 g/mol. The molecule has 2 amide bonds. The molecule has 1 atom stereocenters. The van der Waals surface area contributed by atoms with Gasteiger partial charge in [0.15, 0.2) is 0 Å². The van der Waals surface area contributed by atoms with Crippen molar-refractivity contribution in [1.29, 1.82) is 0 Å². The first-order chi connectivity index (χ1) is 14.6. The number of halogens is 1. The Bertz CT molecular complexity index is 837. The Morgan fingerprint density at radius 3 is 2.32 bits per heavy atom. The van der Waals surface area contributed by atoms with E-state index in [4.69, 9.17) is 11.6 Å². The van der Waals surface area contributed by atoms with Crippen molar-refractivity contribution in [2.45, 2.75) is 43.5 Å². The quantitative estimate of drug-likeness (QED) is 0.479. The van der Waals surface area contributed by atoms with E-state index in [0.717, 1.165) is 19.4 Å². The molecule has 0 saturated heterocycles. The summed E-state index contributed by atoms with van der Waals surface area (Å²) in [7, 11) is 0.274. The van der Waals surface area contributed by atoms with Crippen LogP contribution in [-0.4, -0.2) is 64.9 Å². The van der Waals surface area contributed by atoms with E-state index in [-0.39, 0.29) is 28.5 Å². The second-order valence-corrected chi connectivity index (χ2v) is 10.6. The Kier molecular flexibility index (Phi) is 9.74. The maximum atomic E-state index is 12.5. The fraction of sp³-hybridized carbons (Fsp3) is 0.619. The molecule has 174 valence electrons. The molecule has 1 aromatic carbocycles. The molecular weight excluding hydrogens is 440 g/mol. The van der Waals surface area contributed by atoms with E-state index >= 15 is 0 Å². The van der Waals surface area contributed by atoms with Crippen molar-refractivity contribution in [3.05, 3.63) is 29.3 Å². The van der Waals surface area contributed by atoms with Crippen LogP contribution in [0.2, 0.25) is 5.02 Å². The Labute approximate surface area is 190 Å². The van der Waals surface area contributed by atoms with Crippen LogP contribution in [0.1, 0.15) is 32.6 Å². The van der Waals surface area contributed by atoms with Crippen LogP contribution in [0.4, 0.5) is 0 Å². The maximum absolute atomic E-state index is 12.5. The molecule has 1 aliphatic carbocycles. The van der Waals surface area contributed by atoms with E-state index < -0.39 is 16.1 Å². The summed E-state index contributed by atoms with van der Waals surface area (Å²) in [5, 5.41) is 6.09. The number of amides is 2. The van der Waals surface area contributed by atoms with Gasteiger partial charge in [-0.2, -0.15) is 0 Å². The van der Waals surface area contributed by atoms with Gasteiger partial charge >= 0.3 is 0 Å². The van der Waals surface area contributed by atoms with Crippen molar-refractivity contribution in [2.24, 2.45) is 11.8 Å². The molecule has 0 spiro atoms. The molecule has 0 radical (unpaired) electrons. The molecule has 31 heavy (non-hydrogen) atoms. The second-order valence-electron chi connectivity index (χ2n) is 8.35. The number of likely N-dealkylation sites (N-methyl/N-ethyl adjacent to an activating group) is 1. The van der Waals surface area contributed by atoms with Crippen LogP contribution in [0.15, 0.2) is 29.2 Å². The third-order valence-corrected chi connectivity index (χ3v) is 7.21. The Morgan fingerprint density at radius 2 is 1.74 bits per heavy atom. The number of carbonyl (C=O) groups excluding carboxylic acids is 2. The van der Waals surface area contributed by atoms with Crippen molar-refractivity contribution >= 4 is 33.4 Å². The highest BCUT2D eigenvalue weighted by atomic mass is 35.5. The van der Waals surface area contributed by atoms with E-state index in [1.807, 2.05) is 19.0 Å². The smallest absolute Gasteiger partial charge is 0.242 e. The molecule has 3 N–H and O–H groups in total. The molecule has 0 aliphatic heterocycles. The number of hydrogen-bond acceptors (Lipinski definition) is 5. The van der Waals surface area contributed by atoms with Gasteiger partial charge in [-0.1, -0.05) is 11.6 Å². The van der Waals surface area contributed by atoms with Gasteiger partial charge in [-0.05, 0) is 76.9 Å². The first kappa shape index (κ1) is 25.6. The molecule has 0 heterocycles. The summed E-state index contributed by atoms with van der Waals surface area (Å²) in [6, 6.07) is 5.46. The van der Waals surface area contributed by atoms with Gasteiger partial charge in [0.1, 0.15) is 6.04 Å². The van der Waals surface area contributed by atoms with Gasteiger partial charge in [0, 0.05) is 30.6 Å². The van der Waals surface area contributed by atoms with Crippen LogP contribution in [-0.2, 0) is 19.6 Å². The molecule has 2 rings (SSSR count). The van der Waals surface area contributed by atoms with Crippen LogP contribution in [0, 0.1) is 11.8 Å². The molecule has 8 nitrogen and oxygen atoms in total. The maximum Gasteiger partial charge on any atom is 0.242 e. The topological polar surface area (TPSA) is 108 Å². The summed E-state index contributed by atoms with van der Waals surface area (Å²) >= 11 is 5.81. The molecule has 1 saturated carbocycles. The number of carbonyl (C=O) groups is 2. The lowest BCUT2D eigenvalue weighted by molar-refractivity contribution is -0.131. The van der Waals surface area contributed by atoms with Crippen molar-refractivity contribution in [2.75, 3.05) is 33.7 Å². The normalized spacial score (nSPS) is 20.3. The van der Waals surface area contributed by atoms with Gasteiger partial charge in [-0.25, -0.2) is 13.1 Å². The predicted octanol–water partition coefficient (Wildman–Crippen LogP) is 1.61. The molecule has 10 heteroatoms. The van der Waals surface area contributed by atoms with Crippen molar-refractivity contribution in [3.63, 3.8) is 0 Å². The van der Waals surface area contributed by atoms with Crippen LogP contribution in [0.3, 0.4) is 0 Å². The van der Waals surface area contributed by atoms with E-state index in [2.05, 4.69) is 15.4 Å². The summed E-state index contributed by atoms with van der Waals surface area (Å²) in [5.41, 5.74) is 0. The van der Waals surface area contributed by atoms with Gasteiger partial charge in [0.2, 0.25) is 21.8 Å². The molecule has 1 aliphatic rings. The third-order valence-electron chi connectivity index (χ3n) is 5.51. The first-order valence-electron chi connectivity index (χ1n) is 10.6. The average molecular weight is 473 g/mol. The van der Waals surface area contributed by atoms with Gasteiger partial charge < -0.3 is 15.5 Å². The largest absolute Gasteiger partial charge is 0.353 e. The van der Waals surface area contributed by atoms with E-state index in [0.29, 0.717) is 31.0 Å². The van der Waals surface area contributed by atoms with Crippen LogP contribution in [0.25, 0.3) is 0 Å². The number of sulfonamides is 1. The minimum absolute atomic E-state index is 0.115. The highest BCUT2D eigenvalue weighted by molar-refractivity contribution is 7.89. The lowest BCUT2D eigenvalue weighted by atomic mass is 9.81. The summed E-state index contributed by atoms with van der Waals surface area (Å²) < 4.78 is 27.4. The van der Waals surface area contributed by atoms with Crippen molar-refractivity contribution < 1.29 is 18.0 Å². The molecule has 1 fully saturated rings. The summed E-state index contributed by atoms with van der Waals surface area (Å²) in [5.74, 6) is -0.282. The highest BCUT2D eigenvalue weighted by Gasteiger charge is 2.29. The lowest BCUT2D eigenvalue weighted by Gasteiger charge is -2.28. The molecule has 0 bridgehead atoms. The number of rotatable bonds is 10. The van der Waals surface area contributed by atoms with Crippen LogP contribution >= 0.6 is 11.6 Å². The zero-order chi connectivity index (χ0) is 23.0. The number of nitrogens with one attached hydrogen (secondary N) is 3. The number of hydrogen-bond donors (Lipinski definition) is 3. The first-order valence-corrected chi connectivity index (χ1v) is 12.4. The van der Waals surface area contributed by atoms with Gasteiger partial charge in [-0.15, -0.1) is 0 Å². The zero-order valence-corrected chi connectivity index (χ0v) is 19.9. The molecule has 1 unspecified atom stereocenters. The highest BCUT2D eigenvalue weighted by Crippen LogP contribution is 2.29. The van der Waals surface area contributed by atoms with Gasteiger partial charge in [-0.3, -0.25) is 9.59 Å². The van der Waals surface area contributed by atoms with Crippen molar-refractivity contribution in [3.8, 4) is 0 Å². The summed E-state index contributed by atoms with van der Waals surface area (Å²) in [6.45, 7) is 3.28. The summed E-state index contributed by atoms with van der Waals surface area (Å²) in [4.78, 5) is 26.8.